The number of methoxy groups -OCH3 is 1. The van der Waals surface area contributed by atoms with Crippen LogP contribution >= 0.6 is 0 Å². The summed E-state index contributed by atoms with van der Waals surface area (Å²) >= 11 is 0. The van der Waals surface area contributed by atoms with Crippen molar-refractivity contribution in [2.75, 3.05) is 112 Å². The Balaban J connectivity index is 1.73. The molecule has 0 aromatic rings. The first-order valence-corrected chi connectivity index (χ1v) is 20.2. The smallest absolute Gasteiger partial charge is 0.249 e. The van der Waals surface area contributed by atoms with Crippen LogP contribution in [0.2, 0.25) is 0 Å². The zero-order valence-corrected chi connectivity index (χ0v) is 33.1. The lowest BCUT2D eigenvalue weighted by Crippen LogP contribution is -2.48. The summed E-state index contributed by atoms with van der Waals surface area (Å²) in [5.74, 6) is -1.72. The average molecular weight is 765 g/mol. The predicted octanol–water partition coefficient (Wildman–Crippen LogP) is 1.08. The van der Waals surface area contributed by atoms with Gasteiger partial charge in [0.05, 0.1) is 57.1 Å². The van der Waals surface area contributed by atoms with Gasteiger partial charge in [0.25, 0.3) is 0 Å². The molecule has 1 aliphatic heterocycles. The lowest BCUT2D eigenvalue weighted by Gasteiger charge is -2.32. The van der Waals surface area contributed by atoms with E-state index in [0.29, 0.717) is 142 Å². The lowest BCUT2D eigenvalue weighted by atomic mass is 9.84. The van der Waals surface area contributed by atoms with E-state index in [1.807, 2.05) is 12.2 Å². The molecule has 1 saturated heterocycles. The third kappa shape index (κ3) is 16.4. The summed E-state index contributed by atoms with van der Waals surface area (Å²) < 4.78 is 28.8. The second-order valence-electron chi connectivity index (χ2n) is 13.9. The van der Waals surface area contributed by atoms with Gasteiger partial charge >= 0.3 is 0 Å². The van der Waals surface area contributed by atoms with E-state index in [1.165, 1.54) is 0 Å². The molecule has 4 bridgehead atoms. The summed E-state index contributed by atoms with van der Waals surface area (Å²) in [5.41, 5.74) is 0.990. The molecule has 2 aliphatic carbocycles. The summed E-state index contributed by atoms with van der Waals surface area (Å²) in [5, 5.41) is 15.4. The maximum Gasteiger partial charge on any atom is 0.249 e. The van der Waals surface area contributed by atoms with Crippen molar-refractivity contribution in [3.05, 3.63) is 23.3 Å². The molecule has 308 valence electrons. The summed E-state index contributed by atoms with van der Waals surface area (Å²) in [6.07, 6.45) is 8.45. The summed E-state index contributed by atoms with van der Waals surface area (Å²) in [4.78, 5) is 56.2. The maximum atomic E-state index is 13.7. The van der Waals surface area contributed by atoms with Gasteiger partial charge in [-0.3, -0.25) is 24.1 Å². The molecular formula is C39H68N6O9. The van der Waals surface area contributed by atoms with E-state index < -0.39 is 24.0 Å². The van der Waals surface area contributed by atoms with Crippen LogP contribution in [-0.2, 0) is 42.9 Å². The van der Waals surface area contributed by atoms with Gasteiger partial charge in [0.15, 0.2) is 0 Å². The SMILES string of the molecule is CCCCOC1C2=CCCC1C(=O)NCCN(CCOCCOCCOC)CCNC(=O)[C@H]1CCC=C(C(=O)NCCNCCNC2=O)C1OCCCC. The zero-order chi connectivity index (χ0) is 38.8. The summed E-state index contributed by atoms with van der Waals surface area (Å²) in [6, 6.07) is 0. The van der Waals surface area contributed by atoms with Gasteiger partial charge in [-0.15, -0.1) is 0 Å². The monoisotopic (exact) mass is 765 g/mol. The third-order valence-corrected chi connectivity index (χ3v) is 9.80. The summed E-state index contributed by atoms with van der Waals surface area (Å²) in [7, 11) is 1.63. The van der Waals surface area contributed by atoms with Gasteiger partial charge < -0.3 is 50.3 Å². The molecule has 3 unspecified atom stereocenters. The van der Waals surface area contributed by atoms with Gasteiger partial charge in [-0.2, -0.15) is 0 Å². The number of fused-ring (bicyclic) bond motifs is 4. The number of ether oxygens (including phenoxy) is 5. The Hall–Kier alpha value is -2.92. The highest BCUT2D eigenvalue weighted by Gasteiger charge is 2.38. The number of hydrogen-bond acceptors (Lipinski definition) is 11. The van der Waals surface area contributed by atoms with E-state index in [0.717, 1.165) is 25.7 Å². The van der Waals surface area contributed by atoms with E-state index in [-0.39, 0.29) is 23.6 Å². The molecule has 1 fully saturated rings. The number of carbonyl (C=O) groups is 4. The zero-order valence-electron chi connectivity index (χ0n) is 33.1. The number of allylic oxidation sites excluding steroid dienone is 2. The lowest BCUT2D eigenvalue weighted by molar-refractivity contribution is -0.132. The number of amides is 4. The molecule has 15 nitrogen and oxygen atoms in total. The number of nitrogens with zero attached hydrogens (tertiary/aromatic N) is 1. The quantitative estimate of drug-likeness (QED) is 0.134. The Morgan fingerprint density at radius 3 is 1.57 bits per heavy atom. The Morgan fingerprint density at radius 2 is 1.09 bits per heavy atom. The third-order valence-electron chi connectivity index (χ3n) is 9.80. The molecule has 0 aromatic heterocycles. The minimum atomic E-state index is -0.631. The molecule has 1 heterocycles. The second-order valence-corrected chi connectivity index (χ2v) is 13.9. The molecular weight excluding hydrogens is 696 g/mol. The van der Waals surface area contributed by atoms with Crippen molar-refractivity contribution in [1.29, 1.82) is 0 Å². The normalized spacial score (nSPS) is 24.6. The topological polar surface area (TPSA) is 178 Å². The summed E-state index contributed by atoms with van der Waals surface area (Å²) in [6.45, 7) is 11.6. The molecule has 3 rings (SSSR count). The van der Waals surface area contributed by atoms with E-state index in [1.54, 1.807) is 7.11 Å². The van der Waals surface area contributed by atoms with Crippen molar-refractivity contribution in [3.63, 3.8) is 0 Å². The Bertz CT molecular complexity index is 1110. The molecule has 54 heavy (non-hydrogen) atoms. The van der Waals surface area contributed by atoms with Gasteiger partial charge in [0.1, 0.15) is 0 Å². The van der Waals surface area contributed by atoms with Gasteiger partial charge in [-0.1, -0.05) is 38.8 Å². The predicted molar refractivity (Wildman–Crippen MR) is 206 cm³/mol. The van der Waals surface area contributed by atoms with Crippen LogP contribution in [0, 0.1) is 11.8 Å². The Kier molecular flexibility index (Phi) is 23.3. The van der Waals surface area contributed by atoms with Crippen molar-refractivity contribution in [3.8, 4) is 0 Å². The fraction of sp³-hybridized carbons (Fsp3) is 0.795. The number of nitrogens with one attached hydrogen (secondary N) is 5. The van der Waals surface area contributed by atoms with Crippen molar-refractivity contribution < 1.29 is 42.9 Å². The number of hydrogen-bond donors (Lipinski definition) is 5. The van der Waals surface area contributed by atoms with Crippen molar-refractivity contribution in [2.24, 2.45) is 11.8 Å². The molecule has 0 aromatic carbocycles. The van der Waals surface area contributed by atoms with Crippen molar-refractivity contribution >= 4 is 23.6 Å². The average Bonchev–Trinajstić information content (AvgIpc) is 3.17. The van der Waals surface area contributed by atoms with Crippen molar-refractivity contribution in [1.82, 2.24) is 31.5 Å². The van der Waals surface area contributed by atoms with E-state index in [4.69, 9.17) is 23.7 Å². The van der Waals surface area contributed by atoms with Gasteiger partial charge in [0, 0.05) is 90.4 Å². The van der Waals surface area contributed by atoms with Gasteiger partial charge in [-0.05, 0) is 38.5 Å². The second kappa shape index (κ2) is 27.6. The van der Waals surface area contributed by atoms with Crippen LogP contribution in [0.3, 0.4) is 0 Å². The molecule has 3 aliphatic rings. The molecule has 4 amide bonds. The molecule has 4 atom stereocenters. The minimum Gasteiger partial charge on any atom is -0.382 e. The van der Waals surface area contributed by atoms with Gasteiger partial charge in [-0.25, -0.2) is 0 Å². The number of unbranched alkanes of at least 4 members (excludes halogenated alkanes) is 2. The van der Waals surface area contributed by atoms with E-state index in [2.05, 4.69) is 45.3 Å². The van der Waals surface area contributed by atoms with Crippen LogP contribution < -0.4 is 26.6 Å². The minimum absolute atomic E-state index is 0.138. The highest BCUT2D eigenvalue weighted by Crippen LogP contribution is 2.29. The van der Waals surface area contributed by atoms with Crippen LogP contribution in [0.5, 0.6) is 0 Å². The number of carbonyl (C=O) groups excluding carboxylic acids is 4. The maximum absolute atomic E-state index is 13.7. The fourth-order valence-corrected chi connectivity index (χ4v) is 6.70. The highest BCUT2D eigenvalue weighted by atomic mass is 16.5. The molecule has 0 radical (unpaired) electrons. The van der Waals surface area contributed by atoms with Crippen LogP contribution in [0.1, 0.15) is 65.2 Å². The van der Waals surface area contributed by atoms with E-state index >= 15 is 0 Å². The highest BCUT2D eigenvalue weighted by molar-refractivity contribution is 5.97. The largest absolute Gasteiger partial charge is 0.382 e. The van der Waals surface area contributed by atoms with Gasteiger partial charge in [0.2, 0.25) is 23.6 Å². The Morgan fingerprint density at radius 1 is 0.611 bits per heavy atom. The van der Waals surface area contributed by atoms with Crippen LogP contribution in [-0.4, -0.2) is 153 Å². The molecule has 5 N–H and O–H groups in total. The first kappa shape index (κ1) is 45.5. The molecule has 0 spiro atoms. The standard InChI is InChI=1S/C39H68N6O9/c1-4-6-23-53-34-30-10-8-12-32(34)38(48)43-18-20-45(22-25-51-28-29-52-27-26-50-3)21-19-44-39(49)33-13-9-11-31(35(33)54-24-7-5-2)37(47)42-17-15-40-14-16-41-36(30)46/h10-11,32-35,40H,4-9,12-29H2,1-3H3,(H,41,46)(H,42,47)(H,43,48)(H,44,49)/t32-,33?,34?,35?/m0/s1. The van der Waals surface area contributed by atoms with Crippen LogP contribution in [0.4, 0.5) is 0 Å². The molecule has 0 saturated carbocycles. The Labute approximate surface area is 322 Å². The molecule has 15 heteroatoms. The van der Waals surface area contributed by atoms with Crippen LogP contribution in [0.15, 0.2) is 23.3 Å². The fourth-order valence-electron chi connectivity index (χ4n) is 6.70. The van der Waals surface area contributed by atoms with Crippen LogP contribution in [0.25, 0.3) is 0 Å². The number of rotatable bonds is 17. The van der Waals surface area contributed by atoms with Crippen molar-refractivity contribution in [2.45, 2.75) is 77.4 Å². The first-order valence-electron chi connectivity index (χ1n) is 20.2. The first-order chi connectivity index (χ1) is 26.4. The van der Waals surface area contributed by atoms with E-state index in [9.17, 15) is 19.2 Å².